The van der Waals surface area contributed by atoms with Gasteiger partial charge < -0.3 is 4.74 Å². The standard InChI is InChI=1S/C14H19N3O2S/c1-5-20-12-11(16-13(18)19-14(2,3)4)15-10-8-6-7-9-17(10)12/h6-9H,5H2,1-4H3,(H,16,18). The number of thioether (sulfide) groups is 1. The Hall–Kier alpha value is -1.69. The van der Waals surface area contributed by atoms with E-state index in [4.69, 9.17) is 4.74 Å². The van der Waals surface area contributed by atoms with E-state index in [0.717, 1.165) is 16.4 Å². The Morgan fingerprint density at radius 3 is 2.85 bits per heavy atom. The smallest absolute Gasteiger partial charge is 0.413 e. The molecule has 0 bridgehead atoms. The zero-order valence-electron chi connectivity index (χ0n) is 12.1. The molecule has 2 rings (SSSR count). The van der Waals surface area contributed by atoms with Crippen molar-refractivity contribution in [2.75, 3.05) is 11.1 Å². The van der Waals surface area contributed by atoms with Crippen LogP contribution >= 0.6 is 11.8 Å². The molecule has 0 radical (unpaired) electrons. The number of carbonyl (C=O) groups excluding carboxylic acids is 1. The van der Waals surface area contributed by atoms with Gasteiger partial charge in [-0.05, 0) is 38.7 Å². The van der Waals surface area contributed by atoms with Crippen LogP contribution in [0.3, 0.4) is 0 Å². The summed E-state index contributed by atoms with van der Waals surface area (Å²) in [6.45, 7) is 7.55. The van der Waals surface area contributed by atoms with E-state index in [1.54, 1.807) is 11.8 Å². The number of imidazole rings is 1. The summed E-state index contributed by atoms with van der Waals surface area (Å²) in [5, 5.41) is 3.64. The summed E-state index contributed by atoms with van der Waals surface area (Å²) in [6.07, 6.45) is 1.44. The Morgan fingerprint density at radius 2 is 2.20 bits per heavy atom. The summed E-state index contributed by atoms with van der Waals surface area (Å²) in [5.74, 6) is 1.43. The number of aromatic nitrogens is 2. The van der Waals surface area contributed by atoms with Gasteiger partial charge in [0.1, 0.15) is 16.3 Å². The van der Waals surface area contributed by atoms with Crippen molar-refractivity contribution in [2.45, 2.75) is 38.3 Å². The summed E-state index contributed by atoms with van der Waals surface area (Å²) in [5.41, 5.74) is 0.274. The number of fused-ring (bicyclic) bond motifs is 1. The van der Waals surface area contributed by atoms with Crippen molar-refractivity contribution < 1.29 is 9.53 Å². The van der Waals surface area contributed by atoms with Gasteiger partial charge in [-0.2, -0.15) is 0 Å². The molecular formula is C14H19N3O2S. The quantitative estimate of drug-likeness (QED) is 0.875. The van der Waals surface area contributed by atoms with Crippen LogP contribution in [0.2, 0.25) is 0 Å². The van der Waals surface area contributed by atoms with Crippen molar-refractivity contribution >= 4 is 29.3 Å². The van der Waals surface area contributed by atoms with Crippen molar-refractivity contribution in [1.82, 2.24) is 9.38 Å². The summed E-state index contributed by atoms with van der Waals surface area (Å²) in [7, 11) is 0. The Balaban J connectivity index is 2.29. The van der Waals surface area contributed by atoms with E-state index in [9.17, 15) is 4.79 Å². The van der Waals surface area contributed by atoms with Crippen LogP contribution in [0.15, 0.2) is 29.4 Å². The molecule has 0 atom stereocenters. The molecule has 0 spiro atoms. The first-order chi connectivity index (χ1) is 9.40. The lowest BCUT2D eigenvalue weighted by atomic mass is 10.2. The molecule has 20 heavy (non-hydrogen) atoms. The fourth-order valence-corrected chi connectivity index (χ4v) is 2.53. The van der Waals surface area contributed by atoms with Gasteiger partial charge in [0.25, 0.3) is 0 Å². The number of ether oxygens (including phenoxy) is 1. The third kappa shape index (κ3) is 3.45. The molecule has 0 aromatic carbocycles. The molecule has 5 nitrogen and oxygen atoms in total. The molecule has 1 N–H and O–H groups in total. The lowest BCUT2D eigenvalue weighted by molar-refractivity contribution is 0.0635. The van der Waals surface area contributed by atoms with Crippen LogP contribution in [0, 0.1) is 0 Å². The van der Waals surface area contributed by atoms with Crippen molar-refractivity contribution in [3.05, 3.63) is 24.4 Å². The average Bonchev–Trinajstić information content (AvgIpc) is 2.66. The second-order valence-electron chi connectivity index (χ2n) is 5.25. The highest BCUT2D eigenvalue weighted by atomic mass is 32.2. The Bertz CT molecular complexity index is 616. The minimum Gasteiger partial charge on any atom is -0.444 e. The molecule has 2 heterocycles. The zero-order chi connectivity index (χ0) is 14.8. The third-order valence-corrected chi connectivity index (χ3v) is 3.34. The number of nitrogens with one attached hydrogen (secondary N) is 1. The molecule has 0 aliphatic rings. The van der Waals surface area contributed by atoms with E-state index in [-0.39, 0.29) is 0 Å². The minimum atomic E-state index is -0.526. The van der Waals surface area contributed by atoms with Crippen molar-refractivity contribution in [1.29, 1.82) is 0 Å². The van der Waals surface area contributed by atoms with Gasteiger partial charge in [-0.1, -0.05) is 13.0 Å². The lowest BCUT2D eigenvalue weighted by Gasteiger charge is -2.19. The van der Waals surface area contributed by atoms with Crippen LogP contribution < -0.4 is 5.32 Å². The Labute approximate surface area is 122 Å². The Morgan fingerprint density at radius 1 is 1.45 bits per heavy atom. The molecule has 108 valence electrons. The topological polar surface area (TPSA) is 55.6 Å². The summed E-state index contributed by atoms with van der Waals surface area (Å²) in [6, 6.07) is 5.76. The molecule has 2 aromatic rings. The highest BCUT2D eigenvalue weighted by Gasteiger charge is 2.19. The number of rotatable bonds is 3. The van der Waals surface area contributed by atoms with E-state index in [1.165, 1.54) is 0 Å². The van der Waals surface area contributed by atoms with Crippen LogP contribution in [-0.2, 0) is 4.74 Å². The highest BCUT2D eigenvalue weighted by Crippen LogP contribution is 2.28. The molecule has 0 unspecified atom stereocenters. The predicted molar refractivity (Wildman–Crippen MR) is 81.4 cm³/mol. The molecule has 0 aliphatic carbocycles. The number of hydrogen-bond donors (Lipinski definition) is 1. The average molecular weight is 293 g/mol. The first-order valence-electron chi connectivity index (χ1n) is 6.50. The van der Waals surface area contributed by atoms with Gasteiger partial charge in [0.15, 0.2) is 5.82 Å². The molecule has 2 aromatic heterocycles. The number of amides is 1. The van der Waals surface area contributed by atoms with Gasteiger partial charge in [0.05, 0.1) is 0 Å². The maximum absolute atomic E-state index is 11.9. The molecule has 1 amide bonds. The van der Waals surface area contributed by atoms with Crippen molar-refractivity contribution in [2.24, 2.45) is 0 Å². The molecule has 0 fully saturated rings. The van der Waals surface area contributed by atoms with Crippen LogP contribution in [0.25, 0.3) is 5.65 Å². The molecule has 0 saturated heterocycles. The zero-order valence-corrected chi connectivity index (χ0v) is 13.0. The molecule has 0 saturated carbocycles. The molecule has 6 heteroatoms. The van der Waals surface area contributed by atoms with Crippen LogP contribution in [-0.4, -0.2) is 26.8 Å². The summed E-state index contributed by atoms with van der Waals surface area (Å²) < 4.78 is 7.22. The van der Waals surface area contributed by atoms with E-state index in [0.29, 0.717) is 5.82 Å². The monoisotopic (exact) mass is 293 g/mol. The largest absolute Gasteiger partial charge is 0.444 e. The van der Waals surface area contributed by atoms with E-state index in [2.05, 4.69) is 17.2 Å². The van der Waals surface area contributed by atoms with E-state index in [1.807, 2.05) is 49.6 Å². The highest BCUT2D eigenvalue weighted by molar-refractivity contribution is 7.99. The maximum Gasteiger partial charge on any atom is 0.413 e. The van der Waals surface area contributed by atoms with E-state index < -0.39 is 11.7 Å². The SMILES string of the molecule is CCSc1c(NC(=O)OC(C)(C)C)nc2ccccn12. The first-order valence-corrected chi connectivity index (χ1v) is 7.49. The lowest BCUT2D eigenvalue weighted by Crippen LogP contribution is -2.27. The summed E-state index contributed by atoms with van der Waals surface area (Å²) in [4.78, 5) is 16.3. The predicted octanol–water partition coefficient (Wildman–Crippen LogP) is 3.79. The van der Waals surface area contributed by atoms with Gasteiger partial charge in [-0.15, -0.1) is 11.8 Å². The first kappa shape index (κ1) is 14.7. The molecular weight excluding hydrogens is 274 g/mol. The van der Waals surface area contributed by atoms with Crippen LogP contribution in [0.4, 0.5) is 10.6 Å². The normalized spacial score (nSPS) is 11.6. The number of nitrogens with zero attached hydrogens (tertiary/aromatic N) is 2. The fourth-order valence-electron chi connectivity index (χ4n) is 1.73. The number of hydrogen-bond acceptors (Lipinski definition) is 4. The number of anilines is 1. The van der Waals surface area contributed by atoms with Gasteiger partial charge >= 0.3 is 6.09 Å². The van der Waals surface area contributed by atoms with Gasteiger partial charge in [-0.25, -0.2) is 9.78 Å². The van der Waals surface area contributed by atoms with Crippen molar-refractivity contribution in [3.8, 4) is 0 Å². The van der Waals surface area contributed by atoms with Crippen LogP contribution in [0.1, 0.15) is 27.7 Å². The summed E-state index contributed by atoms with van der Waals surface area (Å²) >= 11 is 1.63. The fraction of sp³-hybridized carbons (Fsp3) is 0.429. The van der Waals surface area contributed by atoms with Gasteiger partial charge in [0.2, 0.25) is 0 Å². The van der Waals surface area contributed by atoms with Crippen LogP contribution in [0.5, 0.6) is 0 Å². The maximum atomic E-state index is 11.9. The van der Waals surface area contributed by atoms with Crippen molar-refractivity contribution in [3.63, 3.8) is 0 Å². The van der Waals surface area contributed by atoms with Gasteiger partial charge in [-0.3, -0.25) is 9.72 Å². The number of pyridine rings is 1. The molecule has 0 aliphatic heterocycles. The van der Waals surface area contributed by atoms with E-state index >= 15 is 0 Å². The number of carbonyl (C=O) groups is 1. The second-order valence-corrected chi connectivity index (χ2v) is 6.51. The Kier molecular flexibility index (Phi) is 4.23. The van der Waals surface area contributed by atoms with Gasteiger partial charge in [0, 0.05) is 6.20 Å². The second kappa shape index (κ2) is 5.75. The third-order valence-electron chi connectivity index (χ3n) is 2.39. The minimum absolute atomic E-state index is 0.487.